The summed E-state index contributed by atoms with van der Waals surface area (Å²) in [4.78, 5) is 24.7. The summed E-state index contributed by atoms with van der Waals surface area (Å²) < 4.78 is 41.9. The number of amides is 1. The molecule has 3 aromatic rings. The maximum absolute atomic E-state index is 12.6. The highest BCUT2D eigenvalue weighted by atomic mass is 19.4. The number of nitrogens with zero attached hydrogens (tertiary/aromatic N) is 4. The Morgan fingerprint density at radius 3 is 2.64 bits per heavy atom. The highest BCUT2D eigenvalue weighted by Gasteiger charge is 2.36. The number of nitrogens with two attached hydrogens (primary N) is 2. The van der Waals surface area contributed by atoms with Crippen LogP contribution in [-0.2, 0) is 6.18 Å². The number of aromatic nitrogens is 2. The number of alkyl halides is 3. The van der Waals surface area contributed by atoms with Gasteiger partial charge in [0, 0.05) is 23.5 Å². The highest BCUT2D eigenvalue weighted by Crippen LogP contribution is 2.29. The molecule has 2 heterocycles. The first-order valence-electron chi connectivity index (χ1n) is 9.19. The summed E-state index contributed by atoms with van der Waals surface area (Å²) in [5.41, 5.74) is 12.8. The number of amidine groups is 2. The smallest absolute Gasteiger partial charge is 0.398 e. The second kappa shape index (κ2) is 9.30. The first-order valence-corrected chi connectivity index (χ1v) is 9.19. The third-order valence-corrected chi connectivity index (χ3v) is 4.07. The zero-order chi connectivity index (χ0) is 24.2. The largest absolute Gasteiger partial charge is 0.452 e. The van der Waals surface area contributed by atoms with E-state index in [2.05, 4.69) is 30.0 Å². The lowest BCUT2D eigenvalue weighted by Crippen LogP contribution is -2.19. The molecule has 0 saturated carbocycles. The molecule has 3 rings (SSSR count). The molecule has 0 aliphatic heterocycles. The Balaban J connectivity index is 1.76. The molecule has 10 nitrogen and oxygen atoms in total. The molecule has 170 valence electrons. The van der Waals surface area contributed by atoms with Crippen molar-refractivity contribution in [1.29, 1.82) is 5.41 Å². The van der Waals surface area contributed by atoms with E-state index in [0.29, 0.717) is 23.0 Å². The van der Waals surface area contributed by atoms with Gasteiger partial charge in [0.15, 0.2) is 11.5 Å². The number of nitrogens with one attached hydrogen (secondary N) is 2. The van der Waals surface area contributed by atoms with Crippen LogP contribution in [0.1, 0.15) is 34.4 Å². The average Bonchev–Trinajstić information content (AvgIpc) is 3.26. The van der Waals surface area contributed by atoms with Crippen LogP contribution in [0.2, 0.25) is 0 Å². The van der Waals surface area contributed by atoms with E-state index in [9.17, 15) is 18.0 Å². The van der Waals surface area contributed by atoms with E-state index in [1.165, 1.54) is 18.2 Å². The quantitative estimate of drug-likeness (QED) is 0.260. The van der Waals surface area contributed by atoms with E-state index < -0.39 is 23.5 Å². The first kappa shape index (κ1) is 23.1. The van der Waals surface area contributed by atoms with E-state index >= 15 is 0 Å². The molecule has 0 aliphatic rings. The predicted molar refractivity (Wildman–Crippen MR) is 116 cm³/mol. The monoisotopic (exact) mass is 458 g/mol. The zero-order valence-electron chi connectivity index (χ0n) is 17.0. The fourth-order valence-electron chi connectivity index (χ4n) is 2.54. The molecule has 0 spiro atoms. The van der Waals surface area contributed by atoms with Crippen LogP contribution in [-0.4, -0.2) is 33.9 Å². The third-order valence-electron chi connectivity index (χ3n) is 4.07. The maximum Gasteiger partial charge on any atom is 0.452 e. The zero-order valence-corrected chi connectivity index (χ0v) is 17.0. The van der Waals surface area contributed by atoms with Gasteiger partial charge in [0.05, 0.1) is 5.69 Å². The molecular weight excluding hydrogens is 441 g/mol. The summed E-state index contributed by atoms with van der Waals surface area (Å²) in [6.45, 7) is 1.60. The summed E-state index contributed by atoms with van der Waals surface area (Å²) in [5.74, 6) is -2.06. The molecule has 1 aromatic carbocycles. The lowest BCUT2D eigenvalue weighted by atomic mass is 10.2. The molecule has 0 unspecified atom stereocenters. The molecule has 0 radical (unpaired) electrons. The van der Waals surface area contributed by atoms with Gasteiger partial charge in [-0.05, 0) is 37.3 Å². The summed E-state index contributed by atoms with van der Waals surface area (Å²) in [6, 6.07) is 9.81. The van der Waals surface area contributed by atoms with Gasteiger partial charge in [-0.3, -0.25) is 4.79 Å². The third kappa shape index (κ3) is 5.78. The molecule has 0 atom stereocenters. The van der Waals surface area contributed by atoms with Crippen molar-refractivity contribution in [3.8, 4) is 0 Å². The van der Waals surface area contributed by atoms with Gasteiger partial charge in [-0.25, -0.2) is 15.0 Å². The Hall–Kier alpha value is -4.55. The Morgan fingerprint density at radius 2 is 1.97 bits per heavy atom. The van der Waals surface area contributed by atoms with Crippen LogP contribution < -0.4 is 16.8 Å². The molecule has 0 bridgehead atoms. The number of halogens is 3. The molecule has 0 fully saturated rings. The molecule has 0 saturated heterocycles. The highest BCUT2D eigenvalue weighted by molar-refractivity contribution is 6.05. The van der Waals surface area contributed by atoms with E-state index in [-0.39, 0.29) is 23.2 Å². The predicted octanol–water partition coefficient (Wildman–Crippen LogP) is 3.38. The van der Waals surface area contributed by atoms with Crippen molar-refractivity contribution in [2.75, 3.05) is 11.1 Å². The number of benzene rings is 1. The van der Waals surface area contributed by atoms with Crippen molar-refractivity contribution in [2.45, 2.75) is 13.1 Å². The fourth-order valence-corrected chi connectivity index (χ4v) is 2.54. The number of rotatable bonds is 5. The molecule has 33 heavy (non-hydrogen) atoms. The van der Waals surface area contributed by atoms with Gasteiger partial charge < -0.3 is 26.7 Å². The average molecular weight is 458 g/mol. The maximum atomic E-state index is 12.6. The van der Waals surface area contributed by atoms with E-state index in [1.807, 2.05) is 0 Å². The Morgan fingerprint density at radius 1 is 1.21 bits per heavy atom. The topological polar surface area (TPSA) is 169 Å². The van der Waals surface area contributed by atoms with Gasteiger partial charge in [0.1, 0.15) is 17.3 Å². The van der Waals surface area contributed by atoms with Crippen LogP contribution in [0.4, 0.5) is 30.4 Å². The lowest BCUT2D eigenvalue weighted by molar-refractivity contribution is -0.155. The normalized spacial score (nSPS) is 12.5. The minimum Gasteiger partial charge on any atom is -0.398 e. The van der Waals surface area contributed by atoms with Gasteiger partial charge in [-0.15, -0.1) is 0 Å². The number of carbonyl (C=O) groups is 1. The number of hydrogen-bond acceptors (Lipinski definition) is 7. The molecule has 2 aromatic heterocycles. The van der Waals surface area contributed by atoms with Crippen molar-refractivity contribution in [2.24, 2.45) is 15.7 Å². The van der Waals surface area contributed by atoms with Crippen molar-refractivity contribution < 1.29 is 22.5 Å². The number of nitrogen functional groups attached to an aromatic ring is 1. The van der Waals surface area contributed by atoms with Crippen molar-refractivity contribution >= 4 is 41.0 Å². The number of carbonyl (C=O) groups excluding carboxylic acids is 1. The molecule has 6 N–H and O–H groups in total. The second-order valence-corrected chi connectivity index (χ2v) is 6.55. The number of aliphatic imine (C=N–C) groups is 2. The Bertz CT molecular complexity index is 1260. The van der Waals surface area contributed by atoms with Crippen LogP contribution in [0.25, 0.3) is 0 Å². The van der Waals surface area contributed by atoms with Crippen LogP contribution >= 0.6 is 0 Å². The summed E-state index contributed by atoms with van der Waals surface area (Å²) >= 11 is 0. The summed E-state index contributed by atoms with van der Waals surface area (Å²) in [7, 11) is 0. The first-order chi connectivity index (χ1) is 15.6. The van der Waals surface area contributed by atoms with Gasteiger partial charge in [-0.1, -0.05) is 11.2 Å². The van der Waals surface area contributed by atoms with Crippen LogP contribution in [0.3, 0.4) is 0 Å². The number of hydrogen-bond donors (Lipinski definition) is 4. The number of pyridine rings is 1. The molecule has 0 aliphatic carbocycles. The minimum atomic E-state index is -4.76. The Kier molecular flexibility index (Phi) is 6.51. The Labute approximate surface area is 184 Å². The SMILES string of the molecule is CC(=Nc1ccc(N)c(C=N)c1)N=C(N)c1cccc(NC(=O)c2cc(C(F)(F)F)on2)n1. The van der Waals surface area contributed by atoms with Crippen molar-refractivity contribution in [3.63, 3.8) is 0 Å². The fraction of sp³-hybridized carbons (Fsp3) is 0.100. The number of anilines is 2. The summed E-state index contributed by atoms with van der Waals surface area (Å²) in [5, 5.41) is 12.8. The van der Waals surface area contributed by atoms with E-state index in [1.54, 1.807) is 25.1 Å². The lowest BCUT2D eigenvalue weighted by Gasteiger charge is -2.05. The van der Waals surface area contributed by atoms with E-state index in [0.717, 1.165) is 6.21 Å². The minimum absolute atomic E-state index is 0.0101. The van der Waals surface area contributed by atoms with Crippen molar-refractivity contribution in [3.05, 3.63) is 65.2 Å². The molecular formula is C20H17F3N8O2. The van der Waals surface area contributed by atoms with Gasteiger partial charge >= 0.3 is 6.18 Å². The van der Waals surface area contributed by atoms with Crippen LogP contribution in [0.15, 0.2) is 57.0 Å². The standard InChI is InChI=1S/C20H17F3N8O2/c1-10(27-12-5-6-13(25)11(7-12)9-24)28-18(26)14-3-2-4-17(29-14)30-19(32)15-8-16(33-31-15)20(21,22)23/h2-9,24H,25H2,1H3,(H2,26,27,28)(H,29,30,32). The van der Waals surface area contributed by atoms with Gasteiger partial charge in [0.2, 0.25) is 5.76 Å². The van der Waals surface area contributed by atoms with Crippen LogP contribution in [0, 0.1) is 5.41 Å². The summed E-state index contributed by atoms with van der Waals surface area (Å²) in [6.07, 6.45) is -3.66. The second-order valence-electron chi connectivity index (χ2n) is 6.55. The van der Waals surface area contributed by atoms with Crippen molar-refractivity contribution in [1.82, 2.24) is 10.1 Å². The van der Waals surface area contributed by atoms with Gasteiger partial charge in [-0.2, -0.15) is 13.2 Å². The van der Waals surface area contributed by atoms with Gasteiger partial charge in [0.25, 0.3) is 5.91 Å². The molecule has 13 heteroatoms. The molecule has 1 amide bonds. The van der Waals surface area contributed by atoms with Crippen LogP contribution in [0.5, 0.6) is 0 Å². The van der Waals surface area contributed by atoms with E-state index in [4.69, 9.17) is 16.9 Å².